The number of ether oxygens (including phenoxy) is 2. The van der Waals surface area contributed by atoms with Gasteiger partial charge >= 0.3 is 0 Å². The van der Waals surface area contributed by atoms with Crippen molar-refractivity contribution in [2.75, 3.05) is 25.5 Å². The summed E-state index contributed by atoms with van der Waals surface area (Å²) in [6.07, 6.45) is 0. The molecule has 1 aliphatic heterocycles. The van der Waals surface area contributed by atoms with Gasteiger partial charge in [-0.2, -0.15) is 0 Å². The maximum absolute atomic E-state index is 13.0. The molecule has 0 unspecified atom stereocenters. The molecule has 0 N–H and O–H groups in total. The van der Waals surface area contributed by atoms with Gasteiger partial charge in [-0.3, -0.25) is 18.6 Å². The predicted octanol–water partition coefficient (Wildman–Crippen LogP) is 2.49. The van der Waals surface area contributed by atoms with E-state index >= 15 is 0 Å². The maximum Gasteiger partial charge on any atom is 0.262 e. The van der Waals surface area contributed by atoms with Crippen molar-refractivity contribution in [3.63, 3.8) is 0 Å². The number of carbonyl (C=O) groups is 1. The van der Waals surface area contributed by atoms with Crippen molar-refractivity contribution in [2.45, 2.75) is 18.6 Å². The Labute approximate surface area is 193 Å². The van der Waals surface area contributed by atoms with Gasteiger partial charge in [-0.05, 0) is 36.8 Å². The highest BCUT2D eigenvalue weighted by Gasteiger charge is 2.19. The van der Waals surface area contributed by atoms with Crippen molar-refractivity contribution in [3.8, 4) is 11.5 Å². The number of aryl methyl sites for hydroxylation is 1. The normalized spacial score (nSPS) is 12.9. The minimum absolute atomic E-state index is 0.0109. The number of hydrogen-bond acceptors (Lipinski definition) is 7. The molecular weight excluding hydrogens is 442 g/mol. The molecule has 0 bridgehead atoms. The van der Waals surface area contributed by atoms with Gasteiger partial charge in [-0.15, -0.1) is 10.2 Å². The minimum Gasteiger partial charge on any atom is -0.486 e. The van der Waals surface area contributed by atoms with Gasteiger partial charge in [0.25, 0.3) is 5.56 Å². The molecule has 4 aromatic rings. The largest absolute Gasteiger partial charge is 0.486 e. The molecule has 2 aromatic heterocycles. The zero-order valence-electron chi connectivity index (χ0n) is 18.4. The molecule has 1 amide bonds. The number of amides is 1. The van der Waals surface area contributed by atoms with Crippen molar-refractivity contribution in [2.24, 2.45) is 7.05 Å². The van der Waals surface area contributed by atoms with E-state index in [0.29, 0.717) is 48.4 Å². The Morgan fingerprint density at radius 1 is 1.12 bits per heavy atom. The Bertz CT molecular complexity index is 1410. The summed E-state index contributed by atoms with van der Waals surface area (Å²) >= 11 is 1.31. The highest BCUT2D eigenvalue weighted by Crippen LogP contribution is 2.31. The lowest BCUT2D eigenvalue weighted by Crippen LogP contribution is -2.31. The summed E-state index contributed by atoms with van der Waals surface area (Å²) in [4.78, 5) is 27.4. The zero-order valence-corrected chi connectivity index (χ0v) is 19.2. The van der Waals surface area contributed by atoms with Crippen LogP contribution in [-0.4, -0.2) is 55.5 Å². The molecule has 0 aliphatic carbocycles. The highest BCUT2D eigenvalue weighted by atomic mass is 32.2. The van der Waals surface area contributed by atoms with E-state index in [1.807, 2.05) is 47.7 Å². The molecule has 0 saturated heterocycles. The van der Waals surface area contributed by atoms with Crippen LogP contribution >= 0.6 is 11.8 Å². The van der Waals surface area contributed by atoms with Crippen molar-refractivity contribution in [1.82, 2.24) is 24.1 Å². The monoisotopic (exact) mass is 465 g/mol. The fourth-order valence-corrected chi connectivity index (χ4v) is 4.75. The summed E-state index contributed by atoms with van der Waals surface area (Å²) in [7, 11) is 1.67. The summed E-state index contributed by atoms with van der Waals surface area (Å²) in [5.41, 5.74) is 1.57. The number of fused-ring (bicyclic) bond motifs is 4. The van der Waals surface area contributed by atoms with E-state index in [1.54, 1.807) is 18.0 Å². The number of hydrogen-bond donors (Lipinski definition) is 0. The van der Waals surface area contributed by atoms with Crippen molar-refractivity contribution < 1.29 is 14.3 Å². The fraction of sp³-hybridized carbons (Fsp3) is 0.304. The van der Waals surface area contributed by atoms with E-state index in [2.05, 4.69) is 10.2 Å². The second kappa shape index (κ2) is 8.78. The van der Waals surface area contributed by atoms with E-state index in [0.717, 1.165) is 16.8 Å². The van der Waals surface area contributed by atoms with E-state index in [1.165, 1.54) is 16.3 Å². The number of para-hydroxylation sites is 1. The van der Waals surface area contributed by atoms with Gasteiger partial charge in [0.05, 0.1) is 16.7 Å². The summed E-state index contributed by atoms with van der Waals surface area (Å²) in [6.45, 7) is 4.08. The smallest absolute Gasteiger partial charge is 0.262 e. The number of rotatable bonds is 6. The van der Waals surface area contributed by atoms with Crippen molar-refractivity contribution in [1.29, 1.82) is 0 Å². The molecule has 1 aliphatic rings. The first-order valence-electron chi connectivity index (χ1n) is 10.7. The van der Waals surface area contributed by atoms with Crippen LogP contribution in [0, 0.1) is 0 Å². The Morgan fingerprint density at radius 3 is 2.73 bits per heavy atom. The van der Waals surface area contributed by atoms with Crippen LogP contribution in [0.2, 0.25) is 0 Å². The van der Waals surface area contributed by atoms with Gasteiger partial charge in [-0.1, -0.05) is 30.0 Å². The molecule has 0 atom stereocenters. The Balaban J connectivity index is 1.35. The molecule has 3 heterocycles. The molecule has 5 rings (SSSR count). The second-order valence-electron chi connectivity index (χ2n) is 7.67. The van der Waals surface area contributed by atoms with Gasteiger partial charge in [0.2, 0.25) is 11.7 Å². The van der Waals surface area contributed by atoms with Gasteiger partial charge in [0, 0.05) is 20.1 Å². The lowest BCUT2D eigenvalue weighted by Gasteiger charge is -2.23. The molecule has 0 radical (unpaired) electrons. The standard InChI is InChI=1S/C23H23N5O4S/c1-3-27(13-15-8-9-18-19(12-15)32-11-10-31-18)20(29)14-33-23-25-24-22-26(2)21(30)16-6-4-5-7-17(16)28(22)23/h4-9,12H,3,10-11,13-14H2,1-2H3. The van der Waals surface area contributed by atoms with Crippen LogP contribution < -0.4 is 15.0 Å². The second-order valence-corrected chi connectivity index (χ2v) is 8.62. The fourth-order valence-electron chi connectivity index (χ4n) is 3.91. The minimum atomic E-state index is -0.130. The van der Waals surface area contributed by atoms with Crippen LogP contribution in [0.5, 0.6) is 11.5 Å². The maximum atomic E-state index is 13.0. The lowest BCUT2D eigenvalue weighted by atomic mass is 10.2. The third-order valence-corrected chi connectivity index (χ3v) is 6.55. The molecule has 170 valence electrons. The van der Waals surface area contributed by atoms with Crippen LogP contribution in [0.4, 0.5) is 0 Å². The first kappa shape index (κ1) is 21.3. The van der Waals surface area contributed by atoms with E-state index < -0.39 is 0 Å². The van der Waals surface area contributed by atoms with Crippen molar-refractivity contribution in [3.05, 3.63) is 58.4 Å². The van der Waals surface area contributed by atoms with Gasteiger partial charge in [0.1, 0.15) is 13.2 Å². The number of benzene rings is 2. The number of aromatic nitrogens is 4. The Morgan fingerprint density at radius 2 is 1.91 bits per heavy atom. The zero-order chi connectivity index (χ0) is 22.9. The van der Waals surface area contributed by atoms with Gasteiger partial charge in [-0.25, -0.2) is 0 Å². The molecular formula is C23H23N5O4S. The Hall–Kier alpha value is -3.53. The molecule has 0 fully saturated rings. The molecule has 0 saturated carbocycles. The average Bonchev–Trinajstić information content (AvgIpc) is 3.28. The summed E-state index contributed by atoms with van der Waals surface area (Å²) in [5, 5.41) is 9.58. The number of thioether (sulfide) groups is 1. The molecule has 0 spiro atoms. The number of carbonyl (C=O) groups excluding carboxylic acids is 1. The lowest BCUT2D eigenvalue weighted by molar-refractivity contribution is -0.128. The molecule has 10 heteroatoms. The molecule has 2 aromatic carbocycles. The van der Waals surface area contributed by atoms with E-state index in [-0.39, 0.29) is 17.2 Å². The summed E-state index contributed by atoms with van der Waals surface area (Å²) < 4.78 is 14.5. The van der Waals surface area contributed by atoms with Gasteiger partial charge in [0.15, 0.2) is 16.7 Å². The number of nitrogens with zero attached hydrogens (tertiary/aromatic N) is 5. The predicted molar refractivity (Wildman–Crippen MR) is 125 cm³/mol. The van der Waals surface area contributed by atoms with Crippen LogP contribution in [0.25, 0.3) is 16.7 Å². The van der Waals surface area contributed by atoms with E-state index in [9.17, 15) is 9.59 Å². The first-order valence-corrected chi connectivity index (χ1v) is 11.7. The van der Waals surface area contributed by atoms with Crippen LogP contribution in [0.15, 0.2) is 52.4 Å². The Kier molecular flexibility index (Phi) is 5.67. The molecule has 33 heavy (non-hydrogen) atoms. The topological polar surface area (TPSA) is 91.0 Å². The highest BCUT2D eigenvalue weighted by molar-refractivity contribution is 7.99. The quantitative estimate of drug-likeness (QED) is 0.404. The molecule has 9 nitrogen and oxygen atoms in total. The average molecular weight is 466 g/mol. The summed E-state index contributed by atoms with van der Waals surface area (Å²) in [5.74, 6) is 2.08. The summed E-state index contributed by atoms with van der Waals surface area (Å²) in [6, 6.07) is 13.1. The van der Waals surface area contributed by atoms with Crippen molar-refractivity contribution >= 4 is 34.3 Å². The van der Waals surface area contributed by atoms with E-state index in [4.69, 9.17) is 9.47 Å². The van der Waals surface area contributed by atoms with Gasteiger partial charge < -0.3 is 14.4 Å². The first-order chi connectivity index (χ1) is 16.1. The van der Waals surface area contributed by atoms with Crippen LogP contribution in [0.3, 0.4) is 0 Å². The third kappa shape index (κ3) is 3.91. The van der Waals surface area contributed by atoms with Crippen LogP contribution in [-0.2, 0) is 18.4 Å². The van der Waals surface area contributed by atoms with Crippen LogP contribution in [0.1, 0.15) is 12.5 Å². The SMILES string of the molecule is CCN(Cc1ccc2c(c1)OCCO2)C(=O)CSc1nnc2n(C)c(=O)c3ccccc3n12. The third-order valence-electron chi connectivity index (χ3n) is 5.64.